The van der Waals surface area contributed by atoms with Crippen molar-refractivity contribution in [3.63, 3.8) is 0 Å². The summed E-state index contributed by atoms with van der Waals surface area (Å²) in [6, 6.07) is -0.169. The molecule has 1 saturated heterocycles. The molecule has 2 rings (SSSR count). The van der Waals surface area contributed by atoms with Crippen molar-refractivity contribution in [1.82, 2.24) is 19.4 Å². The van der Waals surface area contributed by atoms with E-state index in [9.17, 15) is 29.1 Å². The number of nitrogens with zero attached hydrogens (tertiary/aromatic N) is 3. The van der Waals surface area contributed by atoms with E-state index >= 15 is 0 Å². The van der Waals surface area contributed by atoms with Gasteiger partial charge in [-0.2, -0.15) is 0 Å². The Balaban J connectivity index is 2.07. The van der Waals surface area contributed by atoms with E-state index in [4.69, 9.17) is 4.74 Å². The summed E-state index contributed by atoms with van der Waals surface area (Å²) in [4.78, 5) is 64.7. The molecule has 1 aliphatic heterocycles. The maximum Gasteiger partial charge on any atom is 0.410 e. The largest absolute Gasteiger partial charge is 0.480 e. The molecular formula is C20H30N4O7. The first-order valence-corrected chi connectivity index (χ1v) is 10.2. The van der Waals surface area contributed by atoms with Crippen LogP contribution in [0.3, 0.4) is 0 Å². The standard InChI is InChI=1S/C20H30N4O7/c1-13-10-23(18(29)21-17(13)28)11-15(25)22(12-16(26)27)9-7-14-6-5-8-24(14)19(30)31-20(2,3)4/h10,14H,5-9,11-12H2,1-4H3,(H,26,27)(H,21,28,29)/t14-/m0/s1. The number of hydrogen-bond acceptors (Lipinski definition) is 6. The molecule has 0 spiro atoms. The second-order valence-corrected chi connectivity index (χ2v) is 8.67. The quantitative estimate of drug-likeness (QED) is 0.633. The van der Waals surface area contributed by atoms with Crippen LogP contribution >= 0.6 is 0 Å². The summed E-state index contributed by atoms with van der Waals surface area (Å²) in [5, 5.41) is 9.20. The molecule has 0 bridgehead atoms. The average Bonchev–Trinajstić information content (AvgIpc) is 3.10. The number of aromatic nitrogens is 2. The van der Waals surface area contributed by atoms with E-state index in [1.807, 2.05) is 0 Å². The Bertz CT molecular complexity index is 944. The van der Waals surface area contributed by atoms with Crippen LogP contribution in [0.15, 0.2) is 15.8 Å². The van der Waals surface area contributed by atoms with Gasteiger partial charge in [-0.15, -0.1) is 0 Å². The van der Waals surface area contributed by atoms with E-state index < -0.39 is 47.9 Å². The molecule has 0 aliphatic carbocycles. The number of aryl methyl sites for hydroxylation is 1. The van der Waals surface area contributed by atoms with Crippen LogP contribution in [0.25, 0.3) is 0 Å². The molecule has 1 aromatic rings. The molecule has 1 aromatic heterocycles. The lowest BCUT2D eigenvalue weighted by Gasteiger charge is -2.30. The van der Waals surface area contributed by atoms with Crippen LogP contribution < -0.4 is 11.2 Å². The Kier molecular flexibility index (Phi) is 7.64. The minimum absolute atomic E-state index is 0.103. The van der Waals surface area contributed by atoms with E-state index in [0.717, 1.165) is 22.3 Å². The molecule has 0 radical (unpaired) electrons. The van der Waals surface area contributed by atoms with Crippen molar-refractivity contribution in [2.45, 2.75) is 65.1 Å². The van der Waals surface area contributed by atoms with Gasteiger partial charge in [-0.05, 0) is 47.0 Å². The summed E-state index contributed by atoms with van der Waals surface area (Å²) in [5.41, 5.74) is -1.65. The summed E-state index contributed by atoms with van der Waals surface area (Å²) in [5.74, 6) is -1.76. The van der Waals surface area contributed by atoms with Gasteiger partial charge in [0.2, 0.25) is 5.91 Å². The Morgan fingerprint density at radius 3 is 2.58 bits per heavy atom. The molecule has 0 unspecified atom stereocenters. The number of carboxylic acid groups (broad SMARTS) is 1. The Morgan fingerprint density at radius 2 is 1.97 bits per heavy atom. The summed E-state index contributed by atoms with van der Waals surface area (Å²) in [6.45, 7) is 6.56. The lowest BCUT2D eigenvalue weighted by molar-refractivity contribution is -0.144. The zero-order valence-corrected chi connectivity index (χ0v) is 18.3. The fourth-order valence-corrected chi connectivity index (χ4v) is 3.44. The fourth-order valence-electron chi connectivity index (χ4n) is 3.44. The van der Waals surface area contributed by atoms with Gasteiger partial charge in [-0.1, -0.05) is 0 Å². The van der Waals surface area contributed by atoms with Crippen molar-refractivity contribution < 1.29 is 24.2 Å². The number of ether oxygens (including phenoxy) is 1. The SMILES string of the molecule is Cc1cn(CC(=O)N(CC[C@@H]2CCCN2C(=O)OC(C)(C)C)CC(=O)O)c(=O)[nH]c1=O. The van der Waals surface area contributed by atoms with E-state index in [-0.39, 0.29) is 18.2 Å². The van der Waals surface area contributed by atoms with Gasteiger partial charge >= 0.3 is 17.8 Å². The number of H-pyrrole nitrogens is 1. The number of aliphatic carboxylic acids is 1. The molecule has 172 valence electrons. The zero-order chi connectivity index (χ0) is 23.3. The van der Waals surface area contributed by atoms with Crippen molar-refractivity contribution >= 4 is 18.0 Å². The Morgan fingerprint density at radius 1 is 1.29 bits per heavy atom. The third-order valence-corrected chi connectivity index (χ3v) is 4.91. The van der Waals surface area contributed by atoms with Gasteiger partial charge in [-0.3, -0.25) is 23.9 Å². The molecule has 1 aliphatic rings. The average molecular weight is 438 g/mol. The van der Waals surface area contributed by atoms with Gasteiger partial charge in [-0.25, -0.2) is 9.59 Å². The van der Waals surface area contributed by atoms with Crippen LogP contribution in [0.5, 0.6) is 0 Å². The second kappa shape index (κ2) is 9.80. The van der Waals surface area contributed by atoms with Gasteiger partial charge in [0.05, 0.1) is 0 Å². The van der Waals surface area contributed by atoms with E-state index in [0.29, 0.717) is 13.0 Å². The fraction of sp³-hybridized carbons (Fsp3) is 0.650. The third kappa shape index (κ3) is 6.97. The number of carbonyl (C=O) groups excluding carboxylic acids is 2. The molecular weight excluding hydrogens is 408 g/mol. The summed E-state index contributed by atoms with van der Waals surface area (Å²) >= 11 is 0. The molecule has 31 heavy (non-hydrogen) atoms. The zero-order valence-electron chi connectivity index (χ0n) is 18.3. The first kappa shape index (κ1) is 24.2. The van der Waals surface area contributed by atoms with Crippen LogP contribution in [0.1, 0.15) is 45.6 Å². The summed E-state index contributed by atoms with van der Waals surface area (Å²) in [6.07, 6.45) is 2.74. The monoisotopic (exact) mass is 438 g/mol. The number of amides is 2. The van der Waals surface area contributed by atoms with Crippen molar-refractivity contribution in [3.8, 4) is 0 Å². The number of nitrogens with one attached hydrogen (secondary N) is 1. The molecule has 1 fully saturated rings. The first-order valence-electron chi connectivity index (χ1n) is 10.2. The van der Waals surface area contributed by atoms with Crippen molar-refractivity contribution in [3.05, 3.63) is 32.6 Å². The number of carbonyl (C=O) groups is 3. The van der Waals surface area contributed by atoms with Gasteiger partial charge in [0, 0.05) is 30.9 Å². The van der Waals surface area contributed by atoms with Crippen LogP contribution in [0.2, 0.25) is 0 Å². The van der Waals surface area contributed by atoms with Crippen LogP contribution in [0.4, 0.5) is 4.79 Å². The van der Waals surface area contributed by atoms with E-state index in [1.165, 1.54) is 13.1 Å². The highest BCUT2D eigenvalue weighted by molar-refractivity contribution is 5.81. The van der Waals surface area contributed by atoms with Gasteiger partial charge in [0.1, 0.15) is 18.7 Å². The van der Waals surface area contributed by atoms with Gasteiger partial charge in [0.25, 0.3) is 5.56 Å². The highest BCUT2D eigenvalue weighted by Gasteiger charge is 2.32. The molecule has 2 amide bonds. The minimum Gasteiger partial charge on any atom is -0.480 e. The number of rotatable bonds is 7. The normalized spacial score (nSPS) is 16.3. The van der Waals surface area contributed by atoms with Crippen molar-refractivity contribution in [2.75, 3.05) is 19.6 Å². The topological polar surface area (TPSA) is 142 Å². The number of carboxylic acids is 1. The second-order valence-electron chi connectivity index (χ2n) is 8.67. The van der Waals surface area contributed by atoms with Crippen molar-refractivity contribution in [2.24, 2.45) is 0 Å². The molecule has 0 aromatic carbocycles. The minimum atomic E-state index is -1.19. The predicted molar refractivity (Wildman–Crippen MR) is 111 cm³/mol. The lowest BCUT2D eigenvalue weighted by atomic mass is 10.1. The van der Waals surface area contributed by atoms with Crippen LogP contribution in [0, 0.1) is 6.92 Å². The van der Waals surface area contributed by atoms with E-state index in [1.54, 1.807) is 25.7 Å². The third-order valence-electron chi connectivity index (χ3n) is 4.91. The maximum atomic E-state index is 12.7. The Labute approximate surface area is 179 Å². The van der Waals surface area contributed by atoms with Crippen LogP contribution in [-0.2, 0) is 20.9 Å². The van der Waals surface area contributed by atoms with Crippen LogP contribution in [-0.4, -0.2) is 73.7 Å². The number of likely N-dealkylation sites (tertiary alicyclic amines) is 1. The Hall–Kier alpha value is -3.11. The number of aromatic amines is 1. The maximum absolute atomic E-state index is 12.7. The van der Waals surface area contributed by atoms with Gasteiger partial charge in [0.15, 0.2) is 0 Å². The molecule has 1 atom stereocenters. The van der Waals surface area contributed by atoms with Crippen molar-refractivity contribution in [1.29, 1.82) is 0 Å². The molecule has 11 nitrogen and oxygen atoms in total. The molecule has 2 N–H and O–H groups in total. The lowest BCUT2D eigenvalue weighted by Crippen LogP contribution is -2.44. The smallest absolute Gasteiger partial charge is 0.410 e. The highest BCUT2D eigenvalue weighted by atomic mass is 16.6. The first-order chi connectivity index (χ1) is 14.4. The molecule has 11 heteroatoms. The van der Waals surface area contributed by atoms with E-state index in [2.05, 4.69) is 4.98 Å². The highest BCUT2D eigenvalue weighted by Crippen LogP contribution is 2.23. The summed E-state index contributed by atoms with van der Waals surface area (Å²) < 4.78 is 6.47. The summed E-state index contributed by atoms with van der Waals surface area (Å²) in [7, 11) is 0. The predicted octanol–water partition coefficient (Wildman–Crippen LogP) is 0.548. The molecule has 0 saturated carbocycles. The molecule has 2 heterocycles. The number of hydrogen-bond donors (Lipinski definition) is 2. The van der Waals surface area contributed by atoms with Gasteiger partial charge < -0.3 is 19.6 Å².